The second-order valence-corrected chi connectivity index (χ2v) is 7.28. The number of aliphatic hydroxyl groups excluding tert-OH is 1. The van der Waals surface area contributed by atoms with Crippen LogP contribution >= 0.6 is 0 Å². The summed E-state index contributed by atoms with van der Waals surface area (Å²) in [6, 6.07) is 17.2. The predicted octanol–water partition coefficient (Wildman–Crippen LogP) is 3.79. The maximum atomic E-state index is 12.0. The van der Waals surface area contributed by atoms with Gasteiger partial charge in [0.1, 0.15) is 17.2 Å². The molecule has 2 aromatic carbocycles. The van der Waals surface area contributed by atoms with Gasteiger partial charge in [-0.05, 0) is 42.3 Å². The topological polar surface area (TPSA) is 101 Å². The van der Waals surface area contributed by atoms with E-state index in [1.54, 1.807) is 12.1 Å². The van der Waals surface area contributed by atoms with Gasteiger partial charge in [0.25, 0.3) is 5.91 Å². The molecule has 164 valence electrons. The summed E-state index contributed by atoms with van der Waals surface area (Å²) in [5, 5.41) is 14.8. The molecular formula is C24H25N5O3. The van der Waals surface area contributed by atoms with Gasteiger partial charge in [-0.3, -0.25) is 9.78 Å². The van der Waals surface area contributed by atoms with Crippen LogP contribution in [0.25, 0.3) is 11.0 Å². The molecule has 4 aromatic rings. The Kier molecular flexibility index (Phi) is 6.32. The Morgan fingerprint density at radius 1 is 1.09 bits per heavy atom. The van der Waals surface area contributed by atoms with Gasteiger partial charge in [-0.2, -0.15) is 0 Å². The van der Waals surface area contributed by atoms with Crippen LogP contribution in [0.15, 0.2) is 60.8 Å². The number of carbonyl (C=O) groups excluding carboxylic acids is 1. The number of hydrogen-bond donors (Lipinski definition) is 3. The van der Waals surface area contributed by atoms with Crippen molar-refractivity contribution in [3.63, 3.8) is 0 Å². The van der Waals surface area contributed by atoms with Crippen LogP contribution in [0.3, 0.4) is 0 Å². The fraction of sp³-hybridized carbons (Fsp3) is 0.208. The van der Waals surface area contributed by atoms with Crippen LogP contribution in [0.2, 0.25) is 0 Å². The van der Waals surface area contributed by atoms with Crippen molar-refractivity contribution in [1.29, 1.82) is 0 Å². The summed E-state index contributed by atoms with van der Waals surface area (Å²) in [7, 11) is 1.96. The van der Waals surface area contributed by atoms with Crippen LogP contribution < -0.4 is 15.4 Å². The molecule has 2 aromatic heterocycles. The third-order valence-electron chi connectivity index (χ3n) is 5.07. The van der Waals surface area contributed by atoms with E-state index in [4.69, 9.17) is 14.8 Å². The highest BCUT2D eigenvalue weighted by molar-refractivity contribution is 5.92. The molecule has 8 nitrogen and oxygen atoms in total. The summed E-state index contributed by atoms with van der Waals surface area (Å²) in [5.74, 6) is 1.45. The van der Waals surface area contributed by atoms with Gasteiger partial charge in [-0.1, -0.05) is 19.1 Å². The Labute approximate surface area is 185 Å². The Bertz CT molecular complexity index is 1230. The summed E-state index contributed by atoms with van der Waals surface area (Å²) in [6.45, 7) is 2.17. The van der Waals surface area contributed by atoms with Gasteiger partial charge >= 0.3 is 0 Å². The summed E-state index contributed by atoms with van der Waals surface area (Å²) in [5.41, 5.74) is 4.22. The lowest BCUT2D eigenvalue weighted by molar-refractivity contribution is 0.0939. The SMILES string of the molecule is CCc1ccc(Nc2nc3cc(Oc4ccnc(C(=O)NCCO)c4)ccc3n2C)cc1. The smallest absolute Gasteiger partial charge is 0.270 e. The van der Waals surface area contributed by atoms with Gasteiger partial charge in [0.2, 0.25) is 5.95 Å². The monoisotopic (exact) mass is 431 g/mol. The highest BCUT2D eigenvalue weighted by Gasteiger charge is 2.11. The number of pyridine rings is 1. The number of imidazole rings is 1. The van der Waals surface area contributed by atoms with Crippen molar-refractivity contribution in [1.82, 2.24) is 19.9 Å². The number of nitrogens with one attached hydrogen (secondary N) is 2. The van der Waals surface area contributed by atoms with Crippen LogP contribution in [0.5, 0.6) is 11.5 Å². The van der Waals surface area contributed by atoms with Crippen molar-refractivity contribution in [3.8, 4) is 11.5 Å². The normalized spacial score (nSPS) is 10.8. The number of benzene rings is 2. The lowest BCUT2D eigenvalue weighted by Crippen LogP contribution is -2.27. The van der Waals surface area contributed by atoms with Gasteiger partial charge in [-0.15, -0.1) is 0 Å². The molecule has 0 radical (unpaired) electrons. The number of aromatic nitrogens is 3. The van der Waals surface area contributed by atoms with Crippen LogP contribution in [-0.4, -0.2) is 38.7 Å². The first-order chi connectivity index (χ1) is 15.6. The Balaban J connectivity index is 1.53. The molecule has 0 atom stereocenters. The second kappa shape index (κ2) is 9.49. The molecule has 3 N–H and O–H groups in total. The van der Waals surface area contributed by atoms with Crippen molar-refractivity contribution in [2.75, 3.05) is 18.5 Å². The Morgan fingerprint density at radius 2 is 1.88 bits per heavy atom. The molecular weight excluding hydrogens is 406 g/mol. The fourth-order valence-corrected chi connectivity index (χ4v) is 3.30. The summed E-state index contributed by atoms with van der Waals surface area (Å²) in [6.07, 6.45) is 2.51. The van der Waals surface area contributed by atoms with Gasteiger partial charge < -0.3 is 25.0 Å². The van der Waals surface area contributed by atoms with E-state index in [1.807, 2.05) is 41.9 Å². The van der Waals surface area contributed by atoms with Crippen molar-refractivity contribution >= 4 is 28.6 Å². The third-order valence-corrected chi connectivity index (χ3v) is 5.07. The molecule has 0 unspecified atom stereocenters. The minimum Gasteiger partial charge on any atom is -0.457 e. The van der Waals surface area contributed by atoms with E-state index in [-0.39, 0.29) is 24.8 Å². The fourth-order valence-electron chi connectivity index (χ4n) is 3.30. The van der Waals surface area contributed by atoms with Crippen LogP contribution in [0.4, 0.5) is 11.6 Å². The molecule has 4 rings (SSSR count). The molecule has 0 aliphatic heterocycles. The van der Waals surface area contributed by atoms with E-state index in [1.165, 1.54) is 11.8 Å². The van der Waals surface area contributed by atoms with Crippen molar-refractivity contribution in [2.24, 2.45) is 7.05 Å². The first-order valence-electron chi connectivity index (χ1n) is 10.4. The zero-order chi connectivity index (χ0) is 22.5. The number of fused-ring (bicyclic) bond motifs is 1. The molecule has 0 aliphatic carbocycles. The summed E-state index contributed by atoms with van der Waals surface area (Å²) >= 11 is 0. The molecule has 0 saturated heterocycles. The maximum absolute atomic E-state index is 12.0. The van der Waals surface area contributed by atoms with Crippen LogP contribution in [0.1, 0.15) is 23.0 Å². The van der Waals surface area contributed by atoms with E-state index >= 15 is 0 Å². The molecule has 1 amide bonds. The summed E-state index contributed by atoms with van der Waals surface area (Å²) in [4.78, 5) is 20.8. The molecule has 0 saturated carbocycles. The van der Waals surface area contributed by atoms with E-state index in [2.05, 4.69) is 34.7 Å². The van der Waals surface area contributed by atoms with Gasteiger partial charge in [0.15, 0.2) is 0 Å². The number of ether oxygens (including phenoxy) is 1. The lowest BCUT2D eigenvalue weighted by Gasteiger charge is -2.08. The number of anilines is 2. The highest BCUT2D eigenvalue weighted by atomic mass is 16.5. The largest absolute Gasteiger partial charge is 0.457 e. The molecule has 2 heterocycles. The molecule has 0 spiro atoms. The van der Waals surface area contributed by atoms with E-state index in [0.717, 1.165) is 29.1 Å². The second-order valence-electron chi connectivity index (χ2n) is 7.28. The van der Waals surface area contributed by atoms with Gasteiger partial charge in [-0.25, -0.2) is 4.98 Å². The van der Waals surface area contributed by atoms with E-state index in [9.17, 15) is 4.79 Å². The van der Waals surface area contributed by atoms with Crippen molar-refractivity contribution < 1.29 is 14.6 Å². The van der Waals surface area contributed by atoms with Gasteiger partial charge in [0, 0.05) is 37.6 Å². The lowest BCUT2D eigenvalue weighted by atomic mass is 10.1. The van der Waals surface area contributed by atoms with E-state index < -0.39 is 0 Å². The average molecular weight is 431 g/mol. The van der Waals surface area contributed by atoms with Crippen molar-refractivity contribution in [3.05, 3.63) is 72.1 Å². The van der Waals surface area contributed by atoms with Gasteiger partial charge in [0.05, 0.1) is 17.6 Å². The maximum Gasteiger partial charge on any atom is 0.270 e. The number of amides is 1. The average Bonchev–Trinajstić information content (AvgIpc) is 3.12. The molecule has 0 aliphatic rings. The number of aryl methyl sites for hydroxylation is 2. The zero-order valence-corrected chi connectivity index (χ0v) is 18.0. The highest BCUT2D eigenvalue weighted by Crippen LogP contribution is 2.28. The number of carbonyl (C=O) groups is 1. The first kappa shape index (κ1) is 21.3. The first-order valence-corrected chi connectivity index (χ1v) is 10.4. The summed E-state index contributed by atoms with van der Waals surface area (Å²) < 4.78 is 7.92. The van der Waals surface area contributed by atoms with E-state index in [0.29, 0.717) is 11.5 Å². The minimum absolute atomic E-state index is 0.132. The zero-order valence-electron chi connectivity index (χ0n) is 18.0. The standard InChI is InChI=1S/C24H25N5O3/c1-3-16-4-6-17(7-5-16)27-24-28-20-14-18(8-9-22(20)29(24)2)32-19-10-11-25-21(15-19)23(31)26-12-13-30/h4-11,14-15,30H,3,12-13H2,1-2H3,(H,26,31)(H,27,28). The number of nitrogens with zero attached hydrogens (tertiary/aromatic N) is 3. The number of aliphatic hydroxyl groups is 1. The quantitative estimate of drug-likeness (QED) is 0.392. The molecule has 0 bridgehead atoms. The Morgan fingerprint density at radius 3 is 2.62 bits per heavy atom. The number of hydrogen-bond acceptors (Lipinski definition) is 6. The molecule has 8 heteroatoms. The molecule has 32 heavy (non-hydrogen) atoms. The van der Waals surface area contributed by atoms with Crippen LogP contribution in [-0.2, 0) is 13.5 Å². The predicted molar refractivity (Wildman–Crippen MR) is 124 cm³/mol. The van der Waals surface area contributed by atoms with Crippen molar-refractivity contribution in [2.45, 2.75) is 13.3 Å². The number of rotatable bonds is 8. The minimum atomic E-state index is -0.368. The van der Waals surface area contributed by atoms with Crippen LogP contribution in [0, 0.1) is 0 Å². The third kappa shape index (κ3) is 4.70. The Hall–Kier alpha value is -3.91. The molecule has 0 fully saturated rings.